The van der Waals surface area contributed by atoms with E-state index in [0.717, 1.165) is 5.56 Å². The zero-order valence-electron chi connectivity index (χ0n) is 8.19. The van der Waals surface area contributed by atoms with Crippen LogP contribution in [0.4, 0.5) is 0 Å². The Morgan fingerprint density at radius 3 is 2.77 bits per heavy atom. The summed E-state index contributed by atoms with van der Waals surface area (Å²) < 4.78 is 1.71. The molecule has 1 heterocycles. The third kappa shape index (κ3) is 2.86. The minimum absolute atomic E-state index is 0.0629. The maximum absolute atomic E-state index is 11.2. The molecular formula is C10H14N2O. The van der Waals surface area contributed by atoms with Gasteiger partial charge in [0, 0.05) is 24.7 Å². The van der Waals surface area contributed by atoms with Crippen molar-refractivity contribution in [2.45, 2.75) is 13.8 Å². The molecule has 0 bridgehead atoms. The van der Waals surface area contributed by atoms with Gasteiger partial charge in [-0.05, 0) is 12.2 Å². The van der Waals surface area contributed by atoms with E-state index < -0.39 is 0 Å². The lowest BCUT2D eigenvalue weighted by molar-refractivity contribution is -0.117. The van der Waals surface area contributed by atoms with Crippen molar-refractivity contribution in [3.05, 3.63) is 24.0 Å². The summed E-state index contributed by atoms with van der Waals surface area (Å²) in [6, 6.07) is 0. The van der Waals surface area contributed by atoms with Crippen molar-refractivity contribution in [1.82, 2.24) is 9.78 Å². The Morgan fingerprint density at radius 2 is 2.31 bits per heavy atom. The fraction of sp³-hybridized carbons (Fsp3) is 0.400. The molecule has 0 aliphatic carbocycles. The number of allylic oxidation sites excluding steroid dienone is 1. The summed E-state index contributed by atoms with van der Waals surface area (Å²) in [6.45, 7) is 3.77. The van der Waals surface area contributed by atoms with E-state index in [9.17, 15) is 4.79 Å². The highest BCUT2D eigenvalue weighted by atomic mass is 16.1. The number of carbonyl (C=O) groups is 1. The molecule has 0 radical (unpaired) electrons. The van der Waals surface area contributed by atoms with E-state index in [1.54, 1.807) is 23.0 Å². The second-order valence-corrected chi connectivity index (χ2v) is 3.34. The molecule has 0 aliphatic heterocycles. The topological polar surface area (TPSA) is 34.9 Å². The quantitative estimate of drug-likeness (QED) is 0.660. The van der Waals surface area contributed by atoms with Gasteiger partial charge in [0.1, 0.15) is 0 Å². The maximum Gasteiger partial charge on any atom is 0.158 e. The molecule has 0 unspecified atom stereocenters. The van der Waals surface area contributed by atoms with E-state index in [2.05, 4.69) is 5.10 Å². The van der Waals surface area contributed by atoms with Crippen molar-refractivity contribution in [1.29, 1.82) is 0 Å². The van der Waals surface area contributed by atoms with Gasteiger partial charge in [0.05, 0.1) is 6.20 Å². The predicted molar refractivity (Wildman–Crippen MR) is 52.1 cm³/mol. The van der Waals surface area contributed by atoms with E-state index in [-0.39, 0.29) is 11.7 Å². The molecule has 0 saturated carbocycles. The highest BCUT2D eigenvalue weighted by Crippen LogP contribution is 2.02. The first kappa shape index (κ1) is 9.71. The van der Waals surface area contributed by atoms with E-state index in [1.165, 1.54) is 0 Å². The summed E-state index contributed by atoms with van der Waals surface area (Å²) in [4.78, 5) is 11.2. The lowest BCUT2D eigenvalue weighted by Crippen LogP contribution is -2.01. The SMILES string of the molecule is CC(C)C(=O)/C=C/c1cnn(C)c1. The Balaban J connectivity index is 2.64. The van der Waals surface area contributed by atoms with Crippen LogP contribution in [0.3, 0.4) is 0 Å². The number of ketones is 1. The fourth-order valence-electron chi connectivity index (χ4n) is 0.897. The molecule has 70 valence electrons. The molecule has 1 aromatic rings. The second kappa shape index (κ2) is 4.03. The zero-order valence-corrected chi connectivity index (χ0v) is 8.19. The fourth-order valence-corrected chi connectivity index (χ4v) is 0.897. The third-order valence-corrected chi connectivity index (χ3v) is 1.73. The zero-order chi connectivity index (χ0) is 9.84. The highest BCUT2D eigenvalue weighted by Gasteiger charge is 2.01. The molecule has 0 spiro atoms. The minimum atomic E-state index is 0.0629. The number of nitrogens with zero attached hydrogens (tertiary/aromatic N) is 2. The molecular weight excluding hydrogens is 164 g/mol. The number of carbonyl (C=O) groups excluding carboxylic acids is 1. The molecule has 1 aromatic heterocycles. The standard InChI is InChI=1S/C10H14N2O/c1-8(2)10(13)5-4-9-6-11-12(3)7-9/h4-8H,1-3H3/b5-4+. The van der Waals surface area contributed by atoms with Crippen LogP contribution in [0.15, 0.2) is 18.5 Å². The minimum Gasteiger partial charge on any atom is -0.295 e. The first-order valence-electron chi connectivity index (χ1n) is 4.30. The molecule has 0 atom stereocenters. The third-order valence-electron chi connectivity index (χ3n) is 1.73. The molecule has 0 amide bonds. The largest absolute Gasteiger partial charge is 0.295 e. The van der Waals surface area contributed by atoms with Gasteiger partial charge >= 0.3 is 0 Å². The predicted octanol–water partition coefficient (Wildman–Crippen LogP) is 1.66. The van der Waals surface area contributed by atoms with Crippen molar-refractivity contribution in [2.75, 3.05) is 0 Å². The molecule has 0 aliphatic rings. The van der Waals surface area contributed by atoms with Crippen molar-refractivity contribution in [3.8, 4) is 0 Å². The number of hydrogen-bond donors (Lipinski definition) is 0. The summed E-state index contributed by atoms with van der Waals surface area (Å²) in [5.41, 5.74) is 0.955. The molecule has 3 heteroatoms. The van der Waals surface area contributed by atoms with Crippen molar-refractivity contribution < 1.29 is 4.79 Å². The Bertz CT molecular complexity index is 323. The molecule has 0 N–H and O–H groups in total. The summed E-state index contributed by atoms with van der Waals surface area (Å²) in [7, 11) is 1.85. The Morgan fingerprint density at radius 1 is 1.62 bits per heavy atom. The summed E-state index contributed by atoms with van der Waals surface area (Å²) in [5, 5.41) is 3.99. The van der Waals surface area contributed by atoms with Gasteiger partial charge in [-0.2, -0.15) is 5.10 Å². The molecule has 0 saturated heterocycles. The van der Waals surface area contributed by atoms with Gasteiger partial charge in [-0.25, -0.2) is 0 Å². The van der Waals surface area contributed by atoms with E-state index >= 15 is 0 Å². The van der Waals surface area contributed by atoms with E-state index in [4.69, 9.17) is 0 Å². The van der Waals surface area contributed by atoms with Gasteiger partial charge in [0.15, 0.2) is 5.78 Å². The smallest absolute Gasteiger partial charge is 0.158 e. The summed E-state index contributed by atoms with van der Waals surface area (Å²) in [5.74, 6) is 0.205. The Kier molecular flexibility index (Phi) is 3.01. The van der Waals surface area contributed by atoms with Crippen LogP contribution < -0.4 is 0 Å². The van der Waals surface area contributed by atoms with Gasteiger partial charge in [0.25, 0.3) is 0 Å². The molecule has 13 heavy (non-hydrogen) atoms. The van der Waals surface area contributed by atoms with Crippen molar-refractivity contribution in [2.24, 2.45) is 13.0 Å². The first-order valence-corrected chi connectivity index (χ1v) is 4.30. The number of aromatic nitrogens is 2. The lowest BCUT2D eigenvalue weighted by Gasteiger charge is -1.94. The van der Waals surface area contributed by atoms with Crippen LogP contribution in [-0.4, -0.2) is 15.6 Å². The van der Waals surface area contributed by atoms with Crippen LogP contribution in [0.5, 0.6) is 0 Å². The molecule has 1 rings (SSSR count). The van der Waals surface area contributed by atoms with Gasteiger partial charge in [0.2, 0.25) is 0 Å². The van der Waals surface area contributed by atoms with Crippen LogP contribution in [0.1, 0.15) is 19.4 Å². The monoisotopic (exact) mass is 178 g/mol. The number of hydrogen-bond acceptors (Lipinski definition) is 2. The van der Waals surface area contributed by atoms with Gasteiger partial charge < -0.3 is 0 Å². The summed E-state index contributed by atoms with van der Waals surface area (Å²) >= 11 is 0. The van der Waals surface area contributed by atoms with Gasteiger partial charge in [-0.15, -0.1) is 0 Å². The Labute approximate surface area is 78.1 Å². The van der Waals surface area contributed by atoms with Gasteiger partial charge in [-0.1, -0.05) is 13.8 Å². The summed E-state index contributed by atoms with van der Waals surface area (Å²) in [6.07, 6.45) is 6.98. The normalized spacial score (nSPS) is 11.4. The van der Waals surface area contributed by atoms with Crippen LogP contribution in [-0.2, 0) is 11.8 Å². The van der Waals surface area contributed by atoms with E-state index in [0.29, 0.717) is 0 Å². The second-order valence-electron chi connectivity index (χ2n) is 3.34. The van der Waals surface area contributed by atoms with Crippen molar-refractivity contribution >= 4 is 11.9 Å². The average Bonchev–Trinajstić information content (AvgIpc) is 2.47. The molecule has 0 aromatic carbocycles. The lowest BCUT2D eigenvalue weighted by atomic mass is 10.1. The molecule has 3 nitrogen and oxygen atoms in total. The Hall–Kier alpha value is -1.38. The van der Waals surface area contributed by atoms with Crippen LogP contribution in [0.2, 0.25) is 0 Å². The first-order chi connectivity index (χ1) is 6.09. The van der Waals surface area contributed by atoms with Crippen LogP contribution >= 0.6 is 0 Å². The number of aryl methyl sites for hydroxylation is 1. The number of rotatable bonds is 3. The maximum atomic E-state index is 11.2. The highest BCUT2D eigenvalue weighted by molar-refractivity contribution is 5.94. The average molecular weight is 178 g/mol. The van der Waals surface area contributed by atoms with E-state index in [1.807, 2.05) is 27.1 Å². The van der Waals surface area contributed by atoms with Crippen molar-refractivity contribution in [3.63, 3.8) is 0 Å². The van der Waals surface area contributed by atoms with Gasteiger partial charge in [-0.3, -0.25) is 9.48 Å². The molecule has 0 fully saturated rings. The van der Waals surface area contributed by atoms with Crippen LogP contribution in [0.25, 0.3) is 6.08 Å². The van der Waals surface area contributed by atoms with Crippen LogP contribution in [0, 0.1) is 5.92 Å².